The summed E-state index contributed by atoms with van der Waals surface area (Å²) in [6.45, 7) is 4.43. The number of guanidine groups is 1. The molecule has 1 unspecified atom stereocenters. The van der Waals surface area contributed by atoms with Crippen LogP contribution in [0, 0.1) is 5.92 Å². The van der Waals surface area contributed by atoms with E-state index in [1.54, 1.807) is 12.1 Å². The first-order valence-electron chi connectivity index (χ1n) is 8.16. The molecule has 24 heavy (non-hydrogen) atoms. The molecule has 1 saturated heterocycles. The summed E-state index contributed by atoms with van der Waals surface area (Å²) in [7, 11) is 0. The van der Waals surface area contributed by atoms with Crippen LogP contribution in [-0.4, -0.2) is 42.3 Å². The summed E-state index contributed by atoms with van der Waals surface area (Å²) in [6, 6.07) is 7.05. The van der Waals surface area contributed by atoms with E-state index in [2.05, 4.69) is 22.1 Å². The number of carbonyl (C=O) groups is 2. The molecule has 2 rings (SSSR count). The molecule has 1 atom stereocenters. The van der Waals surface area contributed by atoms with Crippen LogP contribution in [0.4, 0.5) is 0 Å². The number of hydrogen-bond donors (Lipinski definition) is 3. The molecule has 1 heterocycles. The van der Waals surface area contributed by atoms with E-state index in [1.165, 1.54) is 6.42 Å². The molecule has 0 aromatic heterocycles. The van der Waals surface area contributed by atoms with E-state index in [1.807, 2.05) is 12.1 Å². The van der Waals surface area contributed by atoms with Crippen molar-refractivity contribution in [1.82, 2.24) is 10.2 Å². The van der Waals surface area contributed by atoms with Gasteiger partial charge in [0, 0.05) is 18.7 Å². The number of aliphatic imine (C=N–C) groups is 1. The lowest BCUT2D eigenvalue weighted by Crippen LogP contribution is -2.43. The van der Waals surface area contributed by atoms with E-state index >= 15 is 0 Å². The highest BCUT2D eigenvalue weighted by Gasteiger charge is 2.17. The van der Waals surface area contributed by atoms with Gasteiger partial charge in [-0.2, -0.15) is 0 Å². The van der Waals surface area contributed by atoms with Crippen LogP contribution in [0.5, 0.6) is 0 Å². The van der Waals surface area contributed by atoms with Gasteiger partial charge < -0.3 is 21.7 Å². The second-order valence-corrected chi connectivity index (χ2v) is 6.21. The van der Waals surface area contributed by atoms with Crippen LogP contribution in [0.1, 0.15) is 35.7 Å². The fraction of sp³-hybridized carbons (Fsp3) is 0.471. The number of amides is 2. The molecular weight excluding hydrogens is 306 g/mol. The van der Waals surface area contributed by atoms with Crippen molar-refractivity contribution in [3.05, 3.63) is 35.4 Å². The number of piperidine rings is 1. The molecule has 1 fully saturated rings. The SMILES string of the molecule is CC1CCCN(C(N)=NCc2ccc(C(=O)NCC(N)=O)cc2)C1. The number of benzene rings is 1. The largest absolute Gasteiger partial charge is 0.370 e. The van der Waals surface area contributed by atoms with E-state index in [-0.39, 0.29) is 12.5 Å². The fourth-order valence-electron chi connectivity index (χ4n) is 2.70. The lowest BCUT2D eigenvalue weighted by molar-refractivity contribution is -0.117. The molecule has 2 amide bonds. The van der Waals surface area contributed by atoms with Crippen molar-refractivity contribution < 1.29 is 9.59 Å². The Hall–Kier alpha value is -2.57. The number of rotatable bonds is 5. The van der Waals surface area contributed by atoms with Gasteiger partial charge in [0.25, 0.3) is 5.91 Å². The van der Waals surface area contributed by atoms with Crippen LogP contribution in [0.25, 0.3) is 0 Å². The van der Waals surface area contributed by atoms with Crippen LogP contribution < -0.4 is 16.8 Å². The molecule has 7 heteroatoms. The van der Waals surface area contributed by atoms with Gasteiger partial charge in [-0.15, -0.1) is 0 Å². The minimum Gasteiger partial charge on any atom is -0.370 e. The van der Waals surface area contributed by atoms with Crippen molar-refractivity contribution in [1.29, 1.82) is 0 Å². The van der Waals surface area contributed by atoms with Crippen molar-refractivity contribution in [3.63, 3.8) is 0 Å². The van der Waals surface area contributed by atoms with Gasteiger partial charge in [0.05, 0.1) is 13.1 Å². The molecule has 5 N–H and O–H groups in total. The van der Waals surface area contributed by atoms with Crippen molar-refractivity contribution in [3.8, 4) is 0 Å². The van der Waals surface area contributed by atoms with E-state index < -0.39 is 5.91 Å². The Kier molecular flexibility index (Phi) is 6.17. The number of nitrogens with two attached hydrogens (primary N) is 2. The van der Waals surface area contributed by atoms with Gasteiger partial charge in [-0.3, -0.25) is 9.59 Å². The van der Waals surface area contributed by atoms with Crippen molar-refractivity contribution in [2.45, 2.75) is 26.3 Å². The number of primary amides is 1. The Morgan fingerprint density at radius 1 is 1.29 bits per heavy atom. The van der Waals surface area contributed by atoms with Gasteiger partial charge >= 0.3 is 0 Å². The van der Waals surface area contributed by atoms with Crippen LogP contribution in [0.3, 0.4) is 0 Å². The molecule has 1 aromatic carbocycles. The normalized spacial score (nSPS) is 18.3. The molecule has 1 aliphatic heterocycles. The summed E-state index contributed by atoms with van der Waals surface area (Å²) >= 11 is 0. The molecule has 0 aliphatic carbocycles. The lowest BCUT2D eigenvalue weighted by Gasteiger charge is -2.31. The van der Waals surface area contributed by atoms with E-state index in [0.717, 1.165) is 25.1 Å². The van der Waals surface area contributed by atoms with Crippen LogP contribution >= 0.6 is 0 Å². The minimum atomic E-state index is -0.572. The number of nitrogens with zero attached hydrogens (tertiary/aromatic N) is 2. The fourth-order valence-corrected chi connectivity index (χ4v) is 2.70. The van der Waals surface area contributed by atoms with Gasteiger partial charge in [0.1, 0.15) is 0 Å². The molecule has 0 saturated carbocycles. The monoisotopic (exact) mass is 331 g/mol. The van der Waals surface area contributed by atoms with Gasteiger partial charge in [0.2, 0.25) is 5.91 Å². The molecule has 0 spiro atoms. The second kappa shape index (κ2) is 8.33. The minimum absolute atomic E-state index is 0.171. The summed E-state index contributed by atoms with van der Waals surface area (Å²) in [5.41, 5.74) is 12.5. The van der Waals surface area contributed by atoms with Gasteiger partial charge in [-0.25, -0.2) is 4.99 Å². The lowest BCUT2D eigenvalue weighted by atomic mass is 10.0. The Bertz CT molecular complexity index is 612. The first kappa shape index (κ1) is 17.8. The highest BCUT2D eigenvalue weighted by Crippen LogP contribution is 2.15. The number of carbonyl (C=O) groups excluding carboxylic acids is 2. The Balaban J connectivity index is 1.90. The molecular formula is C17H25N5O2. The number of likely N-dealkylation sites (tertiary alicyclic amines) is 1. The molecule has 1 aliphatic rings. The average Bonchev–Trinajstić information content (AvgIpc) is 2.58. The summed E-state index contributed by atoms with van der Waals surface area (Å²) in [6.07, 6.45) is 2.38. The highest BCUT2D eigenvalue weighted by molar-refractivity contribution is 5.96. The third-order valence-corrected chi connectivity index (χ3v) is 4.04. The van der Waals surface area contributed by atoms with Crippen LogP contribution in [-0.2, 0) is 11.3 Å². The van der Waals surface area contributed by atoms with Crippen LogP contribution in [0.15, 0.2) is 29.3 Å². The average molecular weight is 331 g/mol. The van der Waals surface area contributed by atoms with Crippen LogP contribution in [0.2, 0.25) is 0 Å². The maximum absolute atomic E-state index is 11.8. The topological polar surface area (TPSA) is 114 Å². The molecule has 7 nitrogen and oxygen atoms in total. The van der Waals surface area contributed by atoms with Gasteiger partial charge in [0.15, 0.2) is 5.96 Å². The summed E-state index contributed by atoms with van der Waals surface area (Å²) in [5.74, 6) is 0.318. The van der Waals surface area contributed by atoms with E-state index in [0.29, 0.717) is 24.0 Å². The smallest absolute Gasteiger partial charge is 0.251 e. The Morgan fingerprint density at radius 3 is 2.62 bits per heavy atom. The third kappa shape index (κ3) is 5.26. The van der Waals surface area contributed by atoms with E-state index in [9.17, 15) is 9.59 Å². The first-order valence-corrected chi connectivity index (χ1v) is 8.16. The Labute approximate surface area is 142 Å². The quantitative estimate of drug-likeness (QED) is 0.537. The number of nitrogens with one attached hydrogen (secondary N) is 1. The third-order valence-electron chi connectivity index (χ3n) is 4.04. The first-order chi connectivity index (χ1) is 11.5. The zero-order valence-electron chi connectivity index (χ0n) is 14.0. The van der Waals surface area contributed by atoms with Gasteiger partial charge in [-0.1, -0.05) is 19.1 Å². The zero-order valence-corrected chi connectivity index (χ0v) is 14.0. The van der Waals surface area contributed by atoms with E-state index in [4.69, 9.17) is 11.5 Å². The molecule has 1 aromatic rings. The molecule has 0 radical (unpaired) electrons. The van der Waals surface area contributed by atoms with Gasteiger partial charge in [-0.05, 0) is 36.5 Å². The predicted molar refractivity (Wildman–Crippen MR) is 93.3 cm³/mol. The summed E-state index contributed by atoms with van der Waals surface area (Å²) in [4.78, 5) is 29.0. The Morgan fingerprint density at radius 2 is 2.00 bits per heavy atom. The summed E-state index contributed by atoms with van der Waals surface area (Å²) in [5, 5.41) is 2.45. The van der Waals surface area contributed by atoms with Crippen molar-refractivity contribution >= 4 is 17.8 Å². The number of hydrogen-bond acceptors (Lipinski definition) is 3. The molecule has 0 bridgehead atoms. The maximum atomic E-state index is 11.8. The maximum Gasteiger partial charge on any atom is 0.251 e. The molecule has 130 valence electrons. The van der Waals surface area contributed by atoms with Crippen molar-refractivity contribution in [2.24, 2.45) is 22.4 Å². The highest BCUT2D eigenvalue weighted by atomic mass is 16.2. The predicted octanol–water partition coefficient (Wildman–Crippen LogP) is 0.448. The van der Waals surface area contributed by atoms with Crippen molar-refractivity contribution in [2.75, 3.05) is 19.6 Å². The standard InChI is InChI=1S/C17H25N5O2/c1-12-3-2-8-22(11-12)17(19)21-9-13-4-6-14(7-5-13)16(24)20-10-15(18)23/h4-7,12H,2-3,8-11H2,1H3,(H2,18,23)(H2,19,21)(H,20,24). The summed E-state index contributed by atoms with van der Waals surface area (Å²) < 4.78 is 0. The second-order valence-electron chi connectivity index (χ2n) is 6.21. The zero-order chi connectivity index (χ0) is 17.5.